The second kappa shape index (κ2) is 6.18. The standard InChI is InChI=1S/C9H17F3N4O/c1-15-2-4-16(5-3-15)14-8(17)6-13-7-9(10,11)12/h13H,2-7H2,1H3,(H,14,17). The molecule has 2 N–H and O–H groups in total. The van der Waals surface area contributed by atoms with Crippen LogP contribution in [-0.2, 0) is 4.79 Å². The molecular weight excluding hydrogens is 237 g/mol. The second-order valence-corrected chi connectivity index (χ2v) is 4.04. The molecule has 0 aliphatic carbocycles. The van der Waals surface area contributed by atoms with Gasteiger partial charge in [0.2, 0.25) is 5.91 Å². The van der Waals surface area contributed by atoms with E-state index >= 15 is 0 Å². The van der Waals surface area contributed by atoms with Gasteiger partial charge in [-0.2, -0.15) is 13.2 Å². The van der Waals surface area contributed by atoms with E-state index in [1.165, 1.54) is 0 Å². The molecule has 0 bridgehead atoms. The normalized spacial score (nSPS) is 19.3. The minimum Gasteiger partial charge on any atom is -0.304 e. The van der Waals surface area contributed by atoms with Gasteiger partial charge in [-0.25, -0.2) is 5.01 Å². The van der Waals surface area contributed by atoms with Crippen LogP contribution in [0, 0.1) is 0 Å². The summed E-state index contributed by atoms with van der Waals surface area (Å²) >= 11 is 0. The van der Waals surface area contributed by atoms with Crippen LogP contribution in [0.5, 0.6) is 0 Å². The fourth-order valence-corrected chi connectivity index (χ4v) is 1.45. The number of hydrogen-bond donors (Lipinski definition) is 2. The van der Waals surface area contributed by atoms with Gasteiger partial charge in [-0.15, -0.1) is 0 Å². The van der Waals surface area contributed by atoms with E-state index in [-0.39, 0.29) is 6.54 Å². The molecule has 1 fully saturated rings. The van der Waals surface area contributed by atoms with Crippen LogP contribution >= 0.6 is 0 Å². The topological polar surface area (TPSA) is 47.6 Å². The van der Waals surface area contributed by atoms with Gasteiger partial charge in [-0.3, -0.25) is 10.2 Å². The van der Waals surface area contributed by atoms with Gasteiger partial charge in [0.15, 0.2) is 0 Å². The summed E-state index contributed by atoms with van der Waals surface area (Å²) in [5.74, 6) is -0.446. The number of halogens is 3. The lowest BCUT2D eigenvalue weighted by Crippen LogP contribution is -2.54. The first kappa shape index (κ1) is 14.2. The maximum atomic E-state index is 11.8. The van der Waals surface area contributed by atoms with Crippen molar-refractivity contribution in [3.8, 4) is 0 Å². The van der Waals surface area contributed by atoms with E-state index in [1.54, 1.807) is 5.01 Å². The Kier molecular flexibility index (Phi) is 5.16. The maximum absolute atomic E-state index is 11.8. The average molecular weight is 254 g/mol. The van der Waals surface area contributed by atoms with Crippen molar-refractivity contribution in [2.75, 3.05) is 46.3 Å². The minimum absolute atomic E-state index is 0.328. The number of nitrogens with one attached hydrogen (secondary N) is 2. The highest BCUT2D eigenvalue weighted by molar-refractivity contribution is 5.77. The predicted octanol–water partition coefficient (Wildman–Crippen LogP) is -0.583. The Morgan fingerprint density at radius 2 is 1.82 bits per heavy atom. The van der Waals surface area contributed by atoms with Gasteiger partial charge in [-0.1, -0.05) is 0 Å². The summed E-state index contributed by atoms with van der Waals surface area (Å²) in [6, 6.07) is 0. The van der Waals surface area contributed by atoms with Crippen LogP contribution in [0.3, 0.4) is 0 Å². The Hall–Kier alpha value is -0.860. The molecule has 0 aromatic heterocycles. The van der Waals surface area contributed by atoms with Crippen molar-refractivity contribution in [3.63, 3.8) is 0 Å². The lowest BCUT2D eigenvalue weighted by atomic mass is 10.4. The van der Waals surface area contributed by atoms with Crippen molar-refractivity contribution >= 4 is 5.91 Å². The first-order valence-electron chi connectivity index (χ1n) is 5.37. The second-order valence-electron chi connectivity index (χ2n) is 4.04. The van der Waals surface area contributed by atoms with Crippen LogP contribution in [0.4, 0.5) is 13.2 Å². The number of nitrogens with zero attached hydrogens (tertiary/aromatic N) is 2. The maximum Gasteiger partial charge on any atom is 0.401 e. The molecule has 1 aliphatic rings. The highest BCUT2D eigenvalue weighted by Crippen LogP contribution is 2.11. The Morgan fingerprint density at radius 3 is 2.35 bits per heavy atom. The number of rotatable bonds is 4. The molecule has 17 heavy (non-hydrogen) atoms. The van der Waals surface area contributed by atoms with Crippen molar-refractivity contribution in [1.82, 2.24) is 20.7 Å². The lowest BCUT2D eigenvalue weighted by Gasteiger charge is -2.32. The zero-order valence-corrected chi connectivity index (χ0v) is 9.68. The first-order valence-corrected chi connectivity index (χ1v) is 5.37. The number of amides is 1. The van der Waals surface area contributed by atoms with Gasteiger partial charge in [0.1, 0.15) is 0 Å². The highest BCUT2D eigenvalue weighted by atomic mass is 19.4. The average Bonchev–Trinajstić information content (AvgIpc) is 2.19. The van der Waals surface area contributed by atoms with E-state index in [9.17, 15) is 18.0 Å². The fourth-order valence-electron chi connectivity index (χ4n) is 1.45. The SMILES string of the molecule is CN1CCN(NC(=O)CNCC(F)(F)F)CC1. The van der Waals surface area contributed by atoms with E-state index in [4.69, 9.17) is 0 Å². The molecule has 8 heteroatoms. The zero-order valence-electron chi connectivity index (χ0n) is 9.68. The van der Waals surface area contributed by atoms with Crippen LogP contribution in [0.15, 0.2) is 0 Å². The minimum atomic E-state index is -4.28. The number of alkyl halides is 3. The number of hydrogen-bond acceptors (Lipinski definition) is 4. The van der Waals surface area contributed by atoms with Gasteiger partial charge >= 0.3 is 6.18 Å². The lowest BCUT2D eigenvalue weighted by molar-refractivity contribution is -0.131. The summed E-state index contributed by atoms with van der Waals surface area (Å²) in [6.07, 6.45) is -4.28. The monoisotopic (exact) mass is 254 g/mol. The van der Waals surface area contributed by atoms with Crippen LogP contribution < -0.4 is 10.7 Å². The fraction of sp³-hybridized carbons (Fsp3) is 0.889. The summed E-state index contributed by atoms with van der Waals surface area (Å²) in [6.45, 7) is 1.55. The van der Waals surface area contributed by atoms with E-state index in [0.29, 0.717) is 13.1 Å². The van der Waals surface area contributed by atoms with Gasteiger partial charge in [-0.05, 0) is 7.05 Å². The molecule has 1 amide bonds. The third-order valence-corrected chi connectivity index (χ3v) is 2.40. The molecule has 1 saturated heterocycles. The van der Waals surface area contributed by atoms with E-state index in [2.05, 4.69) is 10.3 Å². The largest absolute Gasteiger partial charge is 0.401 e. The summed E-state index contributed by atoms with van der Waals surface area (Å²) < 4.78 is 35.4. The number of piperazine rings is 1. The number of likely N-dealkylation sites (N-methyl/N-ethyl adjacent to an activating group) is 1. The molecule has 1 heterocycles. The smallest absolute Gasteiger partial charge is 0.304 e. The summed E-state index contributed by atoms with van der Waals surface area (Å²) in [7, 11) is 1.98. The molecule has 0 radical (unpaired) electrons. The van der Waals surface area contributed by atoms with E-state index < -0.39 is 18.6 Å². The Balaban J connectivity index is 2.13. The van der Waals surface area contributed by atoms with Gasteiger partial charge in [0.25, 0.3) is 0 Å². The summed E-state index contributed by atoms with van der Waals surface area (Å²) in [5, 5.41) is 3.77. The van der Waals surface area contributed by atoms with Crippen molar-refractivity contribution in [2.24, 2.45) is 0 Å². The van der Waals surface area contributed by atoms with Crippen molar-refractivity contribution in [3.05, 3.63) is 0 Å². The molecule has 1 aliphatic heterocycles. The molecule has 0 atom stereocenters. The van der Waals surface area contributed by atoms with Crippen LogP contribution in [0.2, 0.25) is 0 Å². The number of carbonyl (C=O) groups excluding carboxylic acids is 1. The molecule has 100 valence electrons. The Labute approximate surface area is 97.9 Å². The van der Waals surface area contributed by atoms with Crippen molar-refractivity contribution in [1.29, 1.82) is 0 Å². The molecule has 5 nitrogen and oxygen atoms in total. The summed E-state index contributed by atoms with van der Waals surface area (Å²) in [5.41, 5.74) is 2.56. The molecular formula is C9H17F3N4O. The Bertz CT molecular complexity index is 251. The van der Waals surface area contributed by atoms with Crippen LogP contribution in [0.25, 0.3) is 0 Å². The molecule has 0 aromatic rings. The summed E-state index contributed by atoms with van der Waals surface area (Å²) in [4.78, 5) is 13.4. The first-order chi connectivity index (χ1) is 7.87. The quantitative estimate of drug-likeness (QED) is 0.704. The third-order valence-electron chi connectivity index (χ3n) is 2.40. The molecule has 1 rings (SSSR count). The van der Waals surface area contributed by atoms with Crippen LogP contribution in [0.1, 0.15) is 0 Å². The number of carbonyl (C=O) groups is 1. The van der Waals surface area contributed by atoms with Gasteiger partial charge in [0.05, 0.1) is 13.1 Å². The van der Waals surface area contributed by atoms with Crippen LogP contribution in [-0.4, -0.2) is 68.3 Å². The van der Waals surface area contributed by atoms with Crippen molar-refractivity contribution in [2.45, 2.75) is 6.18 Å². The molecule has 0 aromatic carbocycles. The molecule has 0 spiro atoms. The van der Waals surface area contributed by atoms with E-state index in [1.807, 2.05) is 12.4 Å². The molecule has 0 saturated carbocycles. The zero-order chi connectivity index (χ0) is 12.9. The third kappa shape index (κ3) is 6.44. The van der Waals surface area contributed by atoms with Gasteiger partial charge in [0, 0.05) is 26.2 Å². The molecule has 0 unspecified atom stereocenters. The number of hydrazine groups is 1. The van der Waals surface area contributed by atoms with Crippen molar-refractivity contribution < 1.29 is 18.0 Å². The van der Waals surface area contributed by atoms with E-state index in [0.717, 1.165) is 13.1 Å². The highest BCUT2D eigenvalue weighted by Gasteiger charge is 2.26. The predicted molar refractivity (Wildman–Crippen MR) is 56.1 cm³/mol. The van der Waals surface area contributed by atoms with Gasteiger partial charge < -0.3 is 10.2 Å². The Morgan fingerprint density at radius 1 is 1.24 bits per heavy atom.